The van der Waals surface area contributed by atoms with Crippen LogP contribution in [-0.2, 0) is 29.0 Å². The summed E-state index contributed by atoms with van der Waals surface area (Å²) in [4.78, 5) is 0.694. The van der Waals surface area contributed by atoms with E-state index in [1.165, 1.54) is 5.56 Å². The summed E-state index contributed by atoms with van der Waals surface area (Å²) >= 11 is 6.47. The average Bonchev–Trinajstić information content (AvgIpc) is 2.63. The Bertz CT molecular complexity index is 855. The topological polar surface area (TPSA) is 38.3 Å². The molecular weight excluding hydrogens is 354 g/mol. The van der Waals surface area contributed by atoms with Crippen LogP contribution in [0.3, 0.4) is 0 Å². The van der Waals surface area contributed by atoms with E-state index in [9.17, 15) is 4.21 Å². The normalized spacial score (nSPS) is 10.4. The van der Waals surface area contributed by atoms with Gasteiger partial charge in [-0.25, -0.2) is 0 Å². The molecule has 0 fully saturated rings. The third-order valence-electron chi connectivity index (χ3n) is 3.64. The molecule has 0 atom stereocenters. The number of nitrogens with one attached hydrogen (secondary N) is 1. The first-order valence-corrected chi connectivity index (χ1v) is 8.97. The van der Waals surface area contributed by atoms with Crippen LogP contribution in [0.15, 0.2) is 77.7 Å². The highest BCUT2D eigenvalue weighted by Gasteiger charge is 2.15. The van der Waals surface area contributed by atoms with Crippen molar-refractivity contribution < 1.29 is 8.95 Å². The Labute approximate surface area is 156 Å². The Morgan fingerprint density at radius 1 is 0.880 bits per heavy atom. The molecule has 126 valence electrons. The van der Waals surface area contributed by atoms with Crippen molar-refractivity contribution in [1.29, 1.82) is 0 Å². The Kier molecular flexibility index (Phi) is 6.12. The van der Waals surface area contributed by atoms with E-state index in [1.807, 2.05) is 36.4 Å². The van der Waals surface area contributed by atoms with E-state index < -0.39 is 0 Å². The molecular formula is C20H17ClNO2S+. The summed E-state index contributed by atoms with van der Waals surface area (Å²) in [5.74, 6) is 1.34. The summed E-state index contributed by atoms with van der Waals surface area (Å²) in [6.45, 7) is 1.33. The summed E-state index contributed by atoms with van der Waals surface area (Å²) < 4.78 is 17.2. The quantitative estimate of drug-likeness (QED) is 0.580. The van der Waals surface area contributed by atoms with Gasteiger partial charge in [0.2, 0.25) is 0 Å². The van der Waals surface area contributed by atoms with Crippen LogP contribution in [0.2, 0.25) is 5.02 Å². The van der Waals surface area contributed by atoms with E-state index in [-0.39, 0.29) is 0 Å². The zero-order valence-electron chi connectivity index (χ0n) is 13.4. The van der Waals surface area contributed by atoms with Crippen LogP contribution in [-0.4, -0.2) is 0 Å². The average molecular weight is 371 g/mol. The van der Waals surface area contributed by atoms with Crippen molar-refractivity contribution in [3.63, 3.8) is 0 Å². The van der Waals surface area contributed by atoms with Crippen molar-refractivity contribution in [3.8, 4) is 11.5 Å². The lowest BCUT2D eigenvalue weighted by Crippen LogP contribution is -2.13. The van der Waals surface area contributed by atoms with Crippen LogP contribution in [0.5, 0.6) is 11.5 Å². The Hall–Kier alpha value is -2.27. The first kappa shape index (κ1) is 17.5. The Morgan fingerprint density at radius 2 is 1.68 bits per heavy atom. The van der Waals surface area contributed by atoms with Gasteiger partial charge in [-0.15, -0.1) is 0 Å². The fraction of sp³-hybridized carbons (Fsp3) is 0.100. The van der Waals surface area contributed by atoms with Crippen LogP contribution in [0.25, 0.3) is 0 Å². The first-order valence-electron chi connectivity index (χ1n) is 7.85. The lowest BCUT2D eigenvalue weighted by molar-refractivity contribution is 0.481. The minimum atomic E-state index is 0.492. The predicted octanol–water partition coefficient (Wildman–Crippen LogP) is 5.21. The third-order valence-corrected chi connectivity index (χ3v) is 4.45. The van der Waals surface area contributed by atoms with Gasteiger partial charge in [-0.2, -0.15) is 0 Å². The van der Waals surface area contributed by atoms with Gasteiger partial charge in [-0.05, 0) is 35.9 Å². The first-order chi connectivity index (χ1) is 12.2. The molecule has 0 heterocycles. The molecule has 0 saturated heterocycles. The smallest absolute Gasteiger partial charge is 0.457 e. The second-order valence-corrected chi connectivity index (χ2v) is 6.54. The standard InChI is InChI=1S/C20H17ClNO2S/c21-17-7-4-8-18(12-17)24-19-9-10-20(25-23)16(11-19)14-22-13-15-5-2-1-3-6-15/h1-12,22H,13-14H2/q+1. The van der Waals surface area contributed by atoms with E-state index in [1.54, 1.807) is 24.3 Å². The number of benzene rings is 3. The molecule has 3 rings (SSSR count). The predicted molar refractivity (Wildman–Crippen MR) is 101 cm³/mol. The highest BCUT2D eigenvalue weighted by molar-refractivity contribution is 7.65. The summed E-state index contributed by atoms with van der Waals surface area (Å²) in [6, 6.07) is 22.8. The van der Waals surface area contributed by atoms with Crippen LogP contribution in [0, 0.1) is 0 Å². The second kappa shape index (κ2) is 8.72. The van der Waals surface area contributed by atoms with Gasteiger partial charge in [0.25, 0.3) is 4.90 Å². The van der Waals surface area contributed by atoms with E-state index in [0.717, 1.165) is 12.1 Å². The van der Waals surface area contributed by atoms with E-state index in [4.69, 9.17) is 16.3 Å². The molecule has 0 aromatic heterocycles. The van der Waals surface area contributed by atoms with Gasteiger partial charge in [-0.1, -0.05) is 48.0 Å². The zero-order valence-corrected chi connectivity index (χ0v) is 15.0. The maximum Gasteiger partial charge on any atom is 0.505 e. The molecule has 5 heteroatoms. The monoisotopic (exact) mass is 370 g/mol. The van der Waals surface area contributed by atoms with Crippen molar-refractivity contribution in [2.75, 3.05) is 0 Å². The molecule has 3 nitrogen and oxygen atoms in total. The summed E-state index contributed by atoms with van der Waals surface area (Å²) in [5, 5.41) is 3.98. The molecule has 0 unspecified atom stereocenters. The molecule has 25 heavy (non-hydrogen) atoms. The zero-order chi connectivity index (χ0) is 17.5. The fourth-order valence-electron chi connectivity index (χ4n) is 2.44. The number of hydrogen-bond acceptors (Lipinski definition) is 3. The lowest BCUT2D eigenvalue weighted by atomic mass is 10.2. The molecule has 0 aliphatic carbocycles. The number of hydrogen-bond donors (Lipinski definition) is 1. The molecule has 0 aliphatic heterocycles. The summed E-state index contributed by atoms with van der Waals surface area (Å²) in [6.07, 6.45) is 0. The van der Waals surface area contributed by atoms with Crippen LogP contribution in [0.4, 0.5) is 0 Å². The van der Waals surface area contributed by atoms with Gasteiger partial charge in [0.1, 0.15) is 11.5 Å². The molecule has 0 saturated carbocycles. The summed E-state index contributed by atoms with van der Waals surface area (Å²) in [7, 11) is 0. The van der Waals surface area contributed by atoms with E-state index in [0.29, 0.717) is 39.6 Å². The number of halogens is 1. The Morgan fingerprint density at radius 3 is 2.44 bits per heavy atom. The van der Waals surface area contributed by atoms with Gasteiger partial charge in [0, 0.05) is 34.0 Å². The maximum absolute atomic E-state index is 11.3. The maximum atomic E-state index is 11.3. The van der Waals surface area contributed by atoms with Gasteiger partial charge in [0.15, 0.2) is 0 Å². The van der Waals surface area contributed by atoms with E-state index >= 15 is 0 Å². The highest BCUT2D eigenvalue weighted by Crippen LogP contribution is 2.26. The molecule has 3 aromatic rings. The molecule has 3 aromatic carbocycles. The van der Waals surface area contributed by atoms with Crippen molar-refractivity contribution in [1.82, 2.24) is 5.32 Å². The minimum absolute atomic E-state index is 0.492. The van der Waals surface area contributed by atoms with Gasteiger partial charge >= 0.3 is 11.7 Å². The number of rotatable bonds is 7. The highest BCUT2D eigenvalue weighted by atomic mass is 35.5. The van der Waals surface area contributed by atoms with Crippen molar-refractivity contribution in [2.45, 2.75) is 18.0 Å². The molecule has 0 radical (unpaired) electrons. The van der Waals surface area contributed by atoms with Gasteiger partial charge in [0.05, 0.1) is 0 Å². The van der Waals surface area contributed by atoms with Crippen LogP contribution in [0.1, 0.15) is 11.1 Å². The molecule has 1 N–H and O–H groups in total. The summed E-state index contributed by atoms with van der Waals surface area (Å²) in [5.41, 5.74) is 2.11. The largest absolute Gasteiger partial charge is 0.505 e. The minimum Gasteiger partial charge on any atom is -0.457 e. The number of ether oxygens (including phenoxy) is 1. The fourth-order valence-corrected chi connectivity index (χ4v) is 2.98. The lowest BCUT2D eigenvalue weighted by Gasteiger charge is -2.08. The molecule has 0 spiro atoms. The van der Waals surface area contributed by atoms with Crippen molar-refractivity contribution in [2.24, 2.45) is 0 Å². The molecule has 0 aliphatic rings. The second-order valence-electron chi connectivity index (χ2n) is 5.50. The van der Waals surface area contributed by atoms with E-state index in [2.05, 4.69) is 17.4 Å². The van der Waals surface area contributed by atoms with Crippen LogP contribution >= 0.6 is 11.6 Å². The van der Waals surface area contributed by atoms with Crippen LogP contribution < -0.4 is 10.1 Å². The van der Waals surface area contributed by atoms with Gasteiger partial charge in [-0.3, -0.25) is 0 Å². The molecule has 0 bridgehead atoms. The SMILES string of the molecule is O=[S+]c1ccc(Oc2cccc(Cl)c2)cc1CNCc1ccccc1. The third kappa shape index (κ3) is 5.10. The van der Waals surface area contributed by atoms with Gasteiger partial charge < -0.3 is 10.1 Å². The Balaban J connectivity index is 1.70. The molecule has 0 amide bonds. The van der Waals surface area contributed by atoms with Crippen molar-refractivity contribution in [3.05, 3.63) is 88.9 Å². The van der Waals surface area contributed by atoms with Crippen molar-refractivity contribution >= 4 is 23.3 Å².